The number of aromatic hydroxyl groups is 1. The predicted octanol–water partition coefficient (Wildman–Crippen LogP) is 3.60. The molecule has 1 aliphatic rings. The third-order valence-electron chi connectivity index (χ3n) is 3.84. The number of rotatable bonds is 7. The Balaban J connectivity index is 1.54. The highest BCUT2D eigenvalue weighted by molar-refractivity contribution is 8.16. The van der Waals surface area contributed by atoms with Crippen LogP contribution in [0.5, 0.6) is 11.5 Å². The number of amides is 2. The van der Waals surface area contributed by atoms with Crippen molar-refractivity contribution >= 4 is 34.3 Å². The topological polar surface area (TPSA) is 88.0 Å². The molecule has 0 radical (unpaired) electrons. The number of hydrogen-bond donors (Lipinski definition) is 2. The number of phenolic OH excluding ortho intramolecular Hbond substituents is 1. The summed E-state index contributed by atoms with van der Waals surface area (Å²) in [6.07, 6.45) is 0.975. The van der Waals surface area contributed by atoms with E-state index in [1.165, 1.54) is 23.9 Å². The maximum absolute atomic E-state index is 12.3. The fourth-order valence-corrected chi connectivity index (χ4v) is 3.56. The Morgan fingerprint density at radius 1 is 1.19 bits per heavy atom. The molecule has 0 bridgehead atoms. The first-order valence-electron chi connectivity index (χ1n) is 8.66. The minimum Gasteiger partial charge on any atom is -0.508 e. The van der Waals surface area contributed by atoms with Gasteiger partial charge in [-0.2, -0.15) is 0 Å². The second-order valence-electron chi connectivity index (χ2n) is 6.03. The van der Waals surface area contributed by atoms with Crippen LogP contribution in [0.4, 0.5) is 5.69 Å². The van der Waals surface area contributed by atoms with E-state index in [0.717, 1.165) is 17.7 Å². The minimum absolute atomic E-state index is 0.0443. The van der Waals surface area contributed by atoms with Crippen molar-refractivity contribution in [2.75, 3.05) is 11.9 Å². The molecule has 2 aromatic rings. The van der Waals surface area contributed by atoms with Crippen LogP contribution < -0.4 is 10.1 Å². The van der Waals surface area contributed by atoms with Gasteiger partial charge in [-0.25, -0.2) is 4.99 Å². The van der Waals surface area contributed by atoms with Gasteiger partial charge in [-0.3, -0.25) is 9.59 Å². The predicted molar refractivity (Wildman–Crippen MR) is 107 cm³/mol. The van der Waals surface area contributed by atoms with E-state index in [2.05, 4.69) is 10.3 Å². The molecule has 0 aliphatic carbocycles. The molecule has 1 aliphatic heterocycles. The number of aliphatic imine (C=N–C) groups is 1. The lowest BCUT2D eigenvalue weighted by Crippen LogP contribution is -2.21. The Bertz CT molecular complexity index is 847. The third kappa shape index (κ3) is 5.10. The van der Waals surface area contributed by atoms with E-state index in [1.807, 2.05) is 6.92 Å². The summed E-state index contributed by atoms with van der Waals surface area (Å²) in [6.45, 7) is 2.68. The number of carbonyl (C=O) groups excluding carboxylic acids is 2. The molecule has 140 valence electrons. The molecule has 1 atom stereocenters. The zero-order valence-electron chi connectivity index (χ0n) is 14.8. The smallest absolute Gasteiger partial charge is 0.260 e. The van der Waals surface area contributed by atoms with Crippen LogP contribution >= 0.6 is 11.8 Å². The van der Waals surface area contributed by atoms with Gasteiger partial charge in [0.1, 0.15) is 21.8 Å². The summed E-state index contributed by atoms with van der Waals surface area (Å²) in [5, 5.41) is 12.2. The average molecular weight is 384 g/mol. The van der Waals surface area contributed by atoms with Gasteiger partial charge < -0.3 is 15.2 Å². The Morgan fingerprint density at radius 2 is 1.89 bits per heavy atom. The van der Waals surface area contributed by atoms with Crippen molar-refractivity contribution in [3.05, 3.63) is 54.1 Å². The van der Waals surface area contributed by atoms with Crippen LogP contribution in [0.15, 0.2) is 53.5 Å². The van der Waals surface area contributed by atoms with Gasteiger partial charge in [0.05, 0.1) is 6.61 Å². The summed E-state index contributed by atoms with van der Waals surface area (Å²) in [4.78, 5) is 28.4. The van der Waals surface area contributed by atoms with Crippen LogP contribution in [-0.2, 0) is 9.59 Å². The molecule has 1 heterocycles. The van der Waals surface area contributed by atoms with E-state index in [1.54, 1.807) is 36.4 Å². The summed E-state index contributed by atoms with van der Waals surface area (Å²) in [6, 6.07) is 13.6. The summed E-state index contributed by atoms with van der Waals surface area (Å²) in [5.41, 5.74) is 1.40. The maximum atomic E-state index is 12.3. The molecule has 0 spiro atoms. The second kappa shape index (κ2) is 8.73. The molecule has 2 aromatic carbocycles. The highest BCUT2D eigenvalue weighted by Gasteiger charge is 2.31. The van der Waals surface area contributed by atoms with Crippen molar-refractivity contribution in [2.24, 2.45) is 4.99 Å². The lowest BCUT2D eigenvalue weighted by Gasteiger charge is -2.09. The van der Waals surface area contributed by atoms with Crippen molar-refractivity contribution in [3.63, 3.8) is 0 Å². The molecular formula is C20H20N2O4S. The summed E-state index contributed by atoms with van der Waals surface area (Å²) in [5.74, 6) is 0.339. The quantitative estimate of drug-likeness (QED) is 0.761. The summed E-state index contributed by atoms with van der Waals surface area (Å²) < 4.78 is 5.51. The maximum Gasteiger partial charge on any atom is 0.260 e. The third-order valence-corrected chi connectivity index (χ3v) is 5.04. The van der Waals surface area contributed by atoms with Gasteiger partial charge in [0.25, 0.3) is 5.91 Å². The highest BCUT2D eigenvalue weighted by Crippen LogP contribution is 2.30. The molecule has 0 saturated carbocycles. The largest absolute Gasteiger partial charge is 0.508 e. The Kier molecular flexibility index (Phi) is 6.13. The van der Waals surface area contributed by atoms with Gasteiger partial charge in [0.15, 0.2) is 0 Å². The first-order valence-corrected chi connectivity index (χ1v) is 9.54. The number of benzene rings is 2. The number of nitrogens with zero attached hydrogens (tertiary/aromatic N) is 1. The van der Waals surface area contributed by atoms with Gasteiger partial charge in [0.2, 0.25) is 5.91 Å². The first kappa shape index (κ1) is 19.0. The van der Waals surface area contributed by atoms with Gasteiger partial charge >= 0.3 is 0 Å². The molecule has 7 heteroatoms. The fourth-order valence-electron chi connectivity index (χ4n) is 2.48. The normalized spacial score (nSPS) is 16.1. The van der Waals surface area contributed by atoms with E-state index in [-0.39, 0.29) is 24.0 Å². The molecule has 2 amide bonds. The van der Waals surface area contributed by atoms with Crippen LogP contribution in [0.1, 0.15) is 25.3 Å². The number of ether oxygens (including phenoxy) is 1. The van der Waals surface area contributed by atoms with E-state index in [4.69, 9.17) is 4.74 Å². The minimum atomic E-state index is -0.541. The summed E-state index contributed by atoms with van der Waals surface area (Å²) in [7, 11) is 0. The zero-order chi connectivity index (χ0) is 19.2. The Hall–Kier alpha value is -2.80. The first-order chi connectivity index (χ1) is 13.0. The molecule has 0 saturated heterocycles. The molecule has 3 rings (SSSR count). The Morgan fingerprint density at radius 3 is 2.56 bits per heavy atom. The van der Waals surface area contributed by atoms with Gasteiger partial charge in [-0.05, 0) is 55.0 Å². The van der Waals surface area contributed by atoms with E-state index in [9.17, 15) is 14.7 Å². The van der Waals surface area contributed by atoms with E-state index < -0.39 is 5.25 Å². The molecule has 0 aromatic heterocycles. The lowest BCUT2D eigenvalue weighted by molar-refractivity contribution is -0.121. The second-order valence-corrected chi connectivity index (χ2v) is 7.23. The summed E-state index contributed by atoms with van der Waals surface area (Å²) >= 11 is 1.27. The number of phenols is 1. The molecule has 27 heavy (non-hydrogen) atoms. The number of anilines is 1. The molecule has 6 nitrogen and oxygen atoms in total. The van der Waals surface area contributed by atoms with Crippen molar-refractivity contribution in [2.45, 2.75) is 25.0 Å². The van der Waals surface area contributed by atoms with Gasteiger partial charge in [0, 0.05) is 17.7 Å². The molecule has 2 N–H and O–H groups in total. The Labute approximate surface area is 161 Å². The van der Waals surface area contributed by atoms with E-state index in [0.29, 0.717) is 17.3 Å². The van der Waals surface area contributed by atoms with Crippen molar-refractivity contribution < 1.29 is 19.4 Å². The van der Waals surface area contributed by atoms with Crippen LogP contribution in [-0.4, -0.2) is 33.8 Å². The van der Waals surface area contributed by atoms with Crippen LogP contribution in [0.25, 0.3) is 0 Å². The fraction of sp³-hybridized carbons (Fsp3) is 0.250. The van der Waals surface area contributed by atoms with E-state index >= 15 is 0 Å². The van der Waals surface area contributed by atoms with Crippen LogP contribution in [0.2, 0.25) is 0 Å². The molecule has 0 fully saturated rings. The standard InChI is InChI=1S/C20H20N2O4S/c1-2-11-26-16-9-5-14(6-10-16)21-18(24)12-17-19(25)22-20(27-17)13-3-7-15(23)8-4-13/h3-10,17,23H,2,11-12H2,1H3,(H,21,24)/t17-/m0/s1. The monoisotopic (exact) mass is 384 g/mol. The number of carbonyl (C=O) groups is 2. The zero-order valence-corrected chi connectivity index (χ0v) is 15.7. The average Bonchev–Trinajstić information content (AvgIpc) is 3.02. The van der Waals surface area contributed by atoms with Crippen molar-refractivity contribution in [1.29, 1.82) is 0 Å². The van der Waals surface area contributed by atoms with Crippen LogP contribution in [0.3, 0.4) is 0 Å². The molecular weight excluding hydrogens is 364 g/mol. The van der Waals surface area contributed by atoms with Crippen LogP contribution in [0, 0.1) is 0 Å². The van der Waals surface area contributed by atoms with Gasteiger partial charge in [-0.1, -0.05) is 18.7 Å². The number of nitrogens with one attached hydrogen (secondary N) is 1. The molecule has 0 unspecified atom stereocenters. The number of thioether (sulfide) groups is 1. The van der Waals surface area contributed by atoms with Gasteiger partial charge in [-0.15, -0.1) is 0 Å². The van der Waals surface area contributed by atoms with Crippen molar-refractivity contribution in [3.8, 4) is 11.5 Å². The SMILES string of the molecule is CCCOc1ccc(NC(=O)C[C@@H]2SC(c3ccc(O)cc3)=NC2=O)cc1. The highest BCUT2D eigenvalue weighted by atomic mass is 32.2. The lowest BCUT2D eigenvalue weighted by atomic mass is 10.2. The van der Waals surface area contributed by atoms with Crippen molar-refractivity contribution in [1.82, 2.24) is 0 Å². The number of hydrogen-bond acceptors (Lipinski definition) is 5.